The molecular weight excluding hydrogens is 400 g/mol. The van der Waals surface area contributed by atoms with Crippen LogP contribution in [0.4, 0.5) is 0 Å². The number of nitrogens with zero attached hydrogens (tertiary/aromatic N) is 4. The minimum absolute atomic E-state index is 0.206. The fraction of sp³-hybridized carbons (Fsp3) is 0.435. The Labute approximate surface area is 180 Å². The molecule has 0 unspecified atom stereocenters. The van der Waals surface area contributed by atoms with E-state index in [4.69, 9.17) is 16.1 Å². The average molecular weight is 425 g/mol. The summed E-state index contributed by atoms with van der Waals surface area (Å²) in [6.07, 6.45) is 6.80. The molecule has 0 radical (unpaired) electrons. The summed E-state index contributed by atoms with van der Waals surface area (Å²) in [5.74, 6) is 1.23. The van der Waals surface area contributed by atoms with Crippen molar-refractivity contribution in [2.45, 2.75) is 50.3 Å². The van der Waals surface area contributed by atoms with Crippen molar-refractivity contribution in [3.05, 3.63) is 65.3 Å². The lowest BCUT2D eigenvalue weighted by Gasteiger charge is -2.52. The van der Waals surface area contributed by atoms with Crippen molar-refractivity contribution in [2.24, 2.45) is 5.92 Å². The van der Waals surface area contributed by atoms with Gasteiger partial charge in [0.2, 0.25) is 11.7 Å². The van der Waals surface area contributed by atoms with Gasteiger partial charge < -0.3 is 9.63 Å². The van der Waals surface area contributed by atoms with E-state index in [9.17, 15) is 5.11 Å². The molecule has 1 aliphatic heterocycles. The van der Waals surface area contributed by atoms with Gasteiger partial charge in [0.1, 0.15) is 5.15 Å². The molecule has 2 aliphatic rings. The lowest BCUT2D eigenvalue weighted by Crippen LogP contribution is -2.57. The number of fused-ring (bicyclic) bond motifs is 1. The van der Waals surface area contributed by atoms with E-state index >= 15 is 0 Å². The summed E-state index contributed by atoms with van der Waals surface area (Å²) < 4.78 is 5.54. The van der Waals surface area contributed by atoms with E-state index in [-0.39, 0.29) is 5.92 Å². The topological polar surface area (TPSA) is 75.3 Å². The van der Waals surface area contributed by atoms with Gasteiger partial charge in [-0.15, -0.1) is 0 Å². The summed E-state index contributed by atoms with van der Waals surface area (Å²) >= 11 is 6.17. The van der Waals surface area contributed by atoms with Crippen LogP contribution in [0, 0.1) is 5.92 Å². The molecule has 6 nitrogen and oxygen atoms in total. The Balaban J connectivity index is 1.37. The first-order valence-electron chi connectivity index (χ1n) is 10.6. The number of aliphatic hydroxyl groups is 1. The minimum atomic E-state index is -0.772. The zero-order valence-electron chi connectivity index (χ0n) is 16.7. The molecule has 2 fully saturated rings. The van der Waals surface area contributed by atoms with Crippen LogP contribution in [0.1, 0.15) is 43.6 Å². The second-order valence-corrected chi connectivity index (χ2v) is 8.68. The van der Waals surface area contributed by atoms with Gasteiger partial charge in [0.15, 0.2) is 0 Å². The van der Waals surface area contributed by atoms with Gasteiger partial charge in [-0.3, -0.25) is 4.90 Å². The number of hydrogen-bond acceptors (Lipinski definition) is 6. The summed E-state index contributed by atoms with van der Waals surface area (Å²) in [6, 6.07) is 14.1. The molecule has 3 atom stereocenters. The third-order valence-corrected chi connectivity index (χ3v) is 6.97. The molecule has 2 aromatic heterocycles. The van der Waals surface area contributed by atoms with Gasteiger partial charge in [-0.25, -0.2) is 4.98 Å². The lowest BCUT2D eigenvalue weighted by molar-refractivity contribution is -0.124. The maximum atomic E-state index is 11.7. The molecule has 1 saturated heterocycles. The molecule has 5 rings (SSSR count). The standard InChI is InChI=1S/C23H25ClN4O2/c24-21-17(9-6-13-25-21)22-26-20(30-27-22)15-28-14-12-23(29,16-7-2-1-3-8-16)18-10-4-5-11-19(18)28/h1-3,6-9,13,18-19,29H,4-5,10-12,14-15H2/t18-,19-,23+/m1/s1. The van der Waals surface area contributed by atoms with Crippen molar-refractivity contribution in [1.29, 1.82) is 0 Å². The molecule has 3 aromatic rings. The van der Waals surface area contributed by atoms with Crippen LogP contribution in [-0.4, -0.2) is 37.7 Å². The summed E-state index contributed by atoms with van der Waals surface area (Å²) in [7, 11) is 0. The smallest absolute Gasteiger partial charge is 0.241 e. The molecule has 156 valence electrons. The van der Waals surface area contributed by atoms with Crippen LogP contribution in [0.3, 0.4) is 0 Å². The zero-order valence-corrected chi connectivity index (χ0v) is 17.5. The molecule has 1 aromatic carbocycles. The van der Waals surface area contributed by atoms with Crippen LogP contribution in [0.5, 0.6) is 0 Å². The van der Waals surface area contributed by atoms with E-state index in [0.717, 1.165) is 31.4 Å². The monoisotopic (exact) mass is 424 g/mol. The Morgan fingerprint density at radius 1 is 1.13 bits per heavy atom. The molecule has 7 heteroatoms. The molecule has 0 bridgehead atoms. The number of hydrogen-bond donors (Lipinski definition) is 1. The first kappa shape index (κ1) is 19.7. The van der Waals surface area contributed by atoms with E-state index in [1.807, 2.05) is 24.3 Å². The first-order valence-corrected chi connectivity index (χ1v) is 11.0. The van der Waals surface area contributed by atoms with E-state index in [0.29, 0.717) is 41.4 Å². The Bertz CT molecular complexity index is 1010. The van der Waals surface area contributed by atoms with E-state index in [2.05, 4.69) is 32.2 Å². The van der Waals surface area contributed by atoms with Crippen LogP contribution < -0.4 is 0 Å². The number of aromatic nitrogens is 3. The van der Waals surface area contributed by atoms with Gasteiger partial charge in [0.05, 0.1) is 17.7 Å². The lowest BCUT2D eigenvalue weighted by atomic mass is 9.66. The van der Waals surface area contributed by atoms with Crippen molar-refractivity contribution < 1.29 is 9.63 Å². The van der Waals surface area contributed by atoms with E-state index < -0.39 is 5.60 Å². The summed E-state index contributed by atoms with van der Waals surface area (Å²) in [5.41, 5.74) is 0.932. The number of benzene rings is 1. The third-order valence-electron chi connectivity index (χ3n) is 6.67. The maximum absolute atomic E-state index is 11.7. The highest BCUT2D eigenvalue weighted by molar-refractivity contribution is 6.31. The first-order chi connectivity index (χ1) is 14.6. The Hall–Kier alpha value is -2.28. The van der Waals surface area contributed by atoms with Gasteiger partial charge in [-0.2, -0.15) is 4.98 Å². The Kier molecular flexibility index (Phi) is 5.31. The van der Waals surface area contributed by atoms with Crippen LogP contribution in [0.25, 0.3) is 11.4 Å². The van der Waals surface area contributed by atoms with Gasteiger partial charge >= 0.3 is 0 Å². The zero-order chi connectivity index (χ0) is 20.6. The summed E-state index contributed by atoms with van der Waals surface area (Å²) in [5, 5.41) is 16.2. The molecule has 0 amide bonds. The third kappa shape index (κ3) is 3.53. The highest BCUT2D eigenvalue weighted by Crippen LogP contribution is 2.47. The van der Waals surface area contributed by atoms with Crippen molar-refractivity contribution in [1.82, 2.24) is 20.0 Å². The second-order valence-electron chi connectivity index (χ2n) is 8.32. The normalized spacial score (nSPS) is 27.0. The van der Waals surface area contributed by atoms with Crippen molar-refractivity contribution in [3.8, 4) is 11.4 Å². The quantitative estimate of drug-likeness (QED) is 0.624. The Morgan fingerprint density at radius 2 is 1.97 bits per heavy atom. The second kappa shape index (κ2) is 8.10. The fourth-order valence-corrected chi connectivity index (χ4v) is 5.41. The van der Waals surface area contributed by atoms with E-state index in [1.165, 1.54) is 6.42 Å². The molecule has 1 aliphatic carbocycles. The average Bonchev–Trinajstić information content (AvgIpc) is 3.25. The van der Waals surface area contributed by atoms with Crippen LogP contribution in [0.15, 0.2) is 53.2 Å². The van der Waals surface area contributed by atoms with E-state index in [1.54, 1.807) is 12.3 Å². The van der Waals surface area contributed by atoms with Crippen molar-refractivity contribution in [3.63, 3.8) is 0 Å². The molecule has 3 heterocycles. The predicted molar refractivity (Wildman–Crippen MR) is 114 cm³/mol. The molecule has 1 saturated carbocycles. The van der Waals surface area contributed by atoms with Crippen molar-refractivity contribution in [2.75, 3.05) is 6.54 Å². The molecule has 1 N–H and O–H groups in total. The Morgan fingerprint density at radius 3 is 2.80 bits per heavy atom. The number of piperidine rings is 1. The van der Waals surface area contributed by atoms with Gasteiger partial charge in [0, 0.05) is 24.7 Å². The molecular formula is C23H25ClN4O2. The largest absolute Gasteiger partial charge is 0.385 e. The van der Waals surface area contributed by atoms with Gasteiger partial charge in [-0.05, 0) is 37.0 Å². The fourth-order valence-electron chi connectivity index (χ4n) is 5.21. The van der Waals surface area contributed by atoms with Crippen molar-refractivity contribution >= 4 is 11.6 Å². The summed E-state index contributed by atoms with van der Waals surface area (Å²) in [6.45, 7) is 1.37. The van der Waals surface area contributed by atoms with Gasteiger partial charge in [-0.1, -0.05) is 59.9 Å². The minimum Gasteiger partial charge on any atom is -0.385 e. The van der Waals surface area contributed by atoms with Crippen LogP contribution in [-0.2, 0) is 12.1 Å². The molecule has 0 spiro atoms. The SMILES string of the molecule is O[C@]1(c2ccccc2)CCN(Cc2nc(-c3cccnc3Cl)no2)[C@@H]2CCCC[C@H]21. The number of rotatable bonds is 4. The molecule has 30 heavy (non-hydrogen) atoms. The number of likely N-dealkylation sites (tertiary alicyclic amines) is 1. The summed E-state index contributed by atoms with van der Waals surface area (Å²) in [4.78, 5) is 11.1. The number of halogens is 1. The maximum Gasteiger partial charge on any atom is 0.241 e. The van der Waals surface area contributed by atoms with Gasteiger partial charge in [0.25, 0.3) is 0 Å². The van der Waals surface area contributed by atoms with Crippen LogP contribution >= 0.6 is 11.6 Å². The number of pyridine rings is 1. The highest BCUT2D eigenvalue weighted by Gasteiger charge is 2.49. The predicted octanol–water partition coefficient (Wildman–Crippen LogP) is 4.44. The highest BCUT2D eigenvalue weighted by atomic mass is 35.5. The van der Waals surface area contributed by atoms with Crippen LogP contribution in [0.2, 0.25) is 5.15 Å².